The van der Waals surface area contributed by atoms with Crippen molar-refractivity contribution in [3.05, 3.63) is 118 Å². The lowest BCUT2D eigenvalue weighted by atomic mass is 10.2. The Balaban J connectivity index is 0.00000230. The van der Waals surface area contributed by atoms with Gasteiger partial charge in [-0.25, -0.2) is 0 Å². The van der Waals surface area contributed by atoms with Crippen molar-refractivity contribution in [2.45, 2.75) is 19.5 Å². The zero-order valence-corrected chi connectivity index (χ0v) is 32.0. The molecule has 2 heterocycles. The molecule has 0 bridgehead atoms. The van der Waals surface area contributed by atoms with E-state index in [1.54, 1.807) is 0 Å². The lowest BCUT2D eigenvalue weighted by Crippen LogP contribution is -3.00. The van der Waals surface area contributed by atoms with Gasteiger partial charge in [0.1, 0.15) is 9.40 Å². The van der Waals surface area contributed by atoms with E-state index < -0.39 is 0 Å². The summed E-state index contributed by atoms with van der Waals surface area (Å²) >= 11 is 3.72. The Morgan fingerprint density at radius 2 is 0.889 bits per heavy atom. The molecule has 0 aliphatic carbocycles. The molecule has 232 valence electrons. The lowest BCUT2D eigenvalue weighted by molar-refractivity contribution is -0.699. The van der Waals surface area contributed by atoms with Crippen LogP contribution in [0.3, 0.4) is 0 Å². The molecule has 0 radical (unpaired) electrons. The Bertz CT molecular complexity index is 1760. The summed E-state index contributed by atoms with van der Waals surface area (Å²) in [5, 5.41) is 2.55. The smallest absolute Gasteiger partial charge is 0.262 e. The molecule has 2 aromatic heterocycles. The second kappa shape index (κ2) is 16.2. The van der Waals surface area contributed by atoms with E-state index >= 15 is 0 Å². The molecule has 0 N–H and O–H groups in total. The number of halogens is 2. The van der Waals surface area contributed by atoms with E-state index in [1.807, 2.05) is 22.7 Å². The van der Waals surface area contributed by atoms with Crippen molar-refractivity contribution < 1.29 is 57.1 Å². The summed E-state index contributed by atoms with van der Waals surface area (Å²) in [6.07, 6.45) is 10.1. The molecule has 4 nitrogen and oxygen atoms in total. The van der Waals surface area contributed by atoms with Crippen LogP contribution in [0.25, 0.3) is 44.7 Å². The minimum atomic E-state index is 0. The van der Waals surface area contributed by atoms with E-state index in [2.05, 4.69) is 168 Å². The van der Waals surface area contributed by atoms with Crippen molar-refractivity contribution >= 4 is 78.8 Å². The van der Waals surface area contributed by atoms with Crippen LogP contribution in [0.2, 0.25) is 0 Å². The fraction of sp³-hybridized carbons (Fsp3) is 0.189. The van der Waals surface area contributed by atoms with Gasteiger partial charge < -0.3 is 57.8 Å². The number of thiazole rings is 2. The zero-order valence-electron chi connectivity index (χ0n) is 26.0. The first kappa shape index (κ1) is 35.1. The number of rotatable bonds is 10. The molecule has 0 spiro atoms. The quantitative estimate of drug-likeness (QED) is 0.155. The number of benzene rings is 4. The van der Waals surface area contributed by atoms with Crippen LogP contribution in [0, 0.1) is 0 Å². The van der Waals surface area contributed by atoms with Crippen LogP contribution in [-0.2, 0) is 13.1 Å². The van der Waals surface area contributed by atoms with Gasteiger partial charge in [-0.3, -0.25) is 0 Å². The van der Waals surface area contributed by atoms with Gasteiger partial charge in [0.25, 0.3) is 10.0 Å². The predicted molar refractivity (Wildman–Crippen MR) is 188 cm³/mol. The van der Waals surface area contributed by atoms with Crippen molar-refractivity contribution in [1.82, 2.24) is 0 Å². The normalized spacial score (nSPS) is 11.3. The summed E-state index contributed by atoms with van der Waals surface area (Å²) < 4.78 is 7.62. The number of hydrogen-bond acceptors (Lipinski definition) is 4. The highest BCUT2D eigenvalue weighted by molar-refractivity contribution is 7.19. The molecule has 0 aliphatic rings. The molecule has 45 heavy (non-hydrogen) atoms. The Morgan fingerprint density at radius 3 is 1.27 bits per heavy atom. The van der Waals surface area contributed by atoms with Crippen LogP contribution in [0.1, 0.15) is 27.6 Å². The Kier molecular flexibility index (Phi) is 12.6. The Labute approximate surface area is 309 Å². The molecule has 0 unspecified atom stereocenters. The average molecular weight is 857 g/mol. The van der Waals surface area contributed by atoms with Crippen LogP contribution in [0.15, 0.2) is 97.1 Å². The number of aryl methyl sites for hydroxylation is 2. The van der Waals surface area contributed by atoms with Gasteiger partial charge in [0.2, 0.25) is 11.0 Å². The SMILES string of the molecule is CN(C)c1ccc(/C=C/c2sc3ccccc3[n+]2CCC[n+]2c(/C=C/c3ccc(N(C)C)cc3)sc3ccccc32)cc1.[I-].[I-]. The van der Waals surface area contributed by atoms with E-state index in [9.17, 15) is 0 Å². The minimum absolute atomic E-state index is 0. The maximum absolute atomic E-state index is 2.49. The fourth-order valence-electron chi connectivity index (χ4n) is 5.30. The molecule has 6 aromatic rings. The highest BCUT2D eigenvalue weighted by Gasteiger charge is 2.22. The highest BCUT2D eigenvalue weighted by atomic mass is 127. The summed E-state index contributed by atoms with van der Waals surface area (Å²) in [5.74, 6) is 0. The number of fused-ring (bicyclic) bond motifs is 2. The van der Waals surface area contributed by atoms with Gasteiger partial charge in [0.15, 0.2) is 13.1 Å². The van der Waals surface area contributed by atoms with Crippen molar-refractivity contribution in [1.29, 1.82) is 0 Å². The van der Waals surface area contributed by atoms with Gasteiger partial charge >= 0.3 is 0 Å². The monoisotopic (exact) mass is 856 g/mol. The summed E-state index contributed by atoms with van der Waals surface area (Å²) in [6, 6.07) is 35.0. The first-order valence-electron chi connectivity index (χ1n) is 14.7. The Hall–Kier alpha value is -2.80. The van der Waals surface area contributed by atoms with Gasteiger partial charge in [-0.2, -0.15) is 9.13 Å². The summed E-state index contributed by atoms with van der Waals surface area (Å²) in [5.41, 5.74) is 7.45. The third kappa shape index (κ3) is 8.33. The van der Waals surface area contributed by atoms with Crippen LogP contribution >= 0.6 is 22.7 Å². The standard InChI is InChI=1S/C37H38N4S2.2HI/c1-38(2)30-20-14-28(15-21-30)18-24-36-40(32-10-5-7-12-34(32)42-36)26-9-27-41-33-11-6-8-13-35(33)43-37(41)25-19-29-16-22-31(23-17-29)39(3)4;;/h5-8,10-25H,9,26-27H2,1-4H3;2*1H/q+2;;/p-2. The molecule has 0 aliphatic heterocycles. The number of aromatic nitrogens is 2. The second-order valence-electron chi connectivity index (χ2n) is 11.1. The number of para-hydroxylation sites is 2. The largest absolute Gasteiger partial charge is 1.00 e. The third-order valence-electron chi connectivity index (χ3n) is 7.69. The van der Waals surface area contributed by atoms with Crippen molar-refractivity contribution in [2.24, 2.45) is 0 Å². The molecule has 0 fully saturated rings. The van der Waals surface area contributed by atoms with Gasteiger partial charge in [0, 0.05) is 63.9 Å². The van der Waals surface area contributed by atoms with Gasteiger partial charge in [0.05, 0.1) is 6.42 Å². The van der Waals surface area contributed by atoms with Crippen molar-refractivity contribution in [2.75, 3.05) is 38.0 Å². The molecule has 0 amide bonds. The van der Waals surface area contributed by atoms with Crippen LogP contribution in [-0.4, -0.2) is 28.2 Å². The average Bonchev–Trinajstić information content (AvgIpc) is 3.57. The van der Waals surface area contributed by atoms with E-state index in [1.165, 1.54) is 53.0 Å². The van der Waals surface area contributed by atoms with E-state index in [4.69, 9.17) is 0 Å². The van der Waals surface area contributed by atoms with Gasteiger partial charge in [-0.1, -0.05) is 71.2 Å². The molecule has 0 saturated heterocycles. The second-order valence-corrected chi connectivity index (χ2v) is 13.2. The van der Waals surface area contributed by atoms with E-state index in [0.717, 1.165) is 19.5 Å². The molecule has 6 rings (SSSR count). The maximum Gasteiger partial charge on any atom is 0.262 e. The first-order chi connectivity index (χ1) is 21.0. The van der Waals surface area contributed by atoms with E-state index in [-0.39, 0.29) is 48.0 Å². The summed E-state index contributed by atoms with van der Waals surface area (Å²) in [7, 11) is 8.30. The van der Waals surface area contributed by atoms with Gasteiger partial charge in [-0.15, -0.1) is 0 Å². The molecule has 8 heteroatoms. The molecule has 0 atom stereocenters. The predicted octanol–water partition coefficient (Wildman–Crippen LogP) is 2.26. The van der Waals surface area contributed by atoms with Crippen molar-refractivity contribution in [3.8, 4) is 0 Å². The molecular formula is C37H38I2N4S2. The van der Waals surface area contributed by atoms with Crippen LogP contribution < -0.4 is 66.9 Å². The minimum Gasteiger partial charge on any atom is -1.00 e. The topological polar surface area (TPSA) is 14.2 Å². The first-order valence-corrected chi connectivity index (χ1v) is 16.3. The lowest BCUT2D eigenvalue weighted by Gasteiger charge is -2.11. The highest BCUT2D eigenvalue weighted by Crippen LogP contribution is 2.25. The van der Waals surface area contributed by atoms with Gasteiger partial charge in [-0.05, 0) is 59.7 Å². The maximum atomic E-state index is 2.49. The third-order valence-corrected chi connectivity index (χ3v) is 9.95. The van der Waals surface area contributed by atoms with Crippen LogP contribution in [0.4, 0.5) is 11.4 Å². The molecular weight excluding hydrogens is 818 g/mol. The Morgan fingerprint density at radius 1 is 0.511 bits per heavy atom. The number of hydrogen-bond donors (Lipinski definition) is 0. The fourth-order valence-corrected chi connectivity index (χ4v) is 7.49. The summed E-state index contributed by atoms with van der Waals surface area (Å²) in [4.78, 5) is 4.26. The van der Waals surface area contributed by atoms with Crippen LogP contribution in [0.5, 0.6) is 0 Å². The number of nitrogens with zero attached hydrogens (tertiary/aromatic N) is 4. The van der Waals surface area contributed by atoms with Crippen molar-refractivity contribution in [3.63, 3.8) is 0 Å². The van der Waals surface area contributed by atoms with E-state index in [0.29, 0.717) is 0 Å². The zero-order chi connectivity index (χ0) is 29.8. The molecule has 4 aromatic carbocycles. The summed E-state index contributed by atoms with van der Waals surface area (Å²) in [6.45, 7) is 1.91. The molecule has 0 saturated carbocycles. The number of anilines is 2.